The first-order valence-electron chi connectivity index (χ1n) is 15.5. The first kappa shape index (κ1) is 27.5. The van der Waals surface area contributed by atoms with Gasteiger partial charge in [0.25, 0.3) is 0 Å². The fourth-order valence-electron chi connectivity index (χ4n) is 7.03. The number of hydrogen-bond donors (Lipinski definition) is 0. The summed E-state index contributed by atoms with van der Waals surface area (Å²) < 4.78 is 0. The molecule has 8 rings (SSSR count). The molecule has 0 fully saturated rings. The molecule has 46 heavy (non-hydrogen) atoms. The third-order valence-corrected chi connectivity index (χ3v) is 13.8. The molecule has 0 saturated heterocycles. The lowest BCUT2D eigenvalue weighted by Crippen LogP contribution is -2.77. The third kappa shape index (κ3) is 4.45. The molecule has 7 aromatic rings. The molecule has 4 heteroatoms. The summed E-state index contributed by atoms with van der Waals surface area (Å²) in [6, 6.07) is 65.1. The van der Waals surface area contributed by atoms with Crippen LogP contribution >= 0.6 is 0 Å². The molecule has 0 radical (unpaired) electrons. The molecule has 1 aliphatic rings. The molecular weight excluding hydrogens is 575 g/mol. The van der Waals surface area contributed by atoms with Gasteiger partial charge in [0.05, 0.1) is 5.69 Å². The zero-order chi connectivity index (χ0) is 30.9. The number of anilines is 3. The monoisotopic (exact) mass is 603 g/mol. The van der Waals surface area contributed by atoms with E-state index in [4.69, 9.17) is 0 Å². The molecule has 0 N–H and O–H groups in total. The van der Waals surface area contributed by atoms with E-state index in [-0.39, 0.29) is 0 Å². The summed E-state index contributed by atoms with van der Waals surface area (Å²) in [6.45, 7) is 0. The maximum absolute atomic E-state index is 9.38. The number of fused-ring (bicyclic) bond motifs is 2. The summed E-state index contributed by atoms with van der Waals surface area (Å²) in [5.74, 6) is 0. The zero-order valence-electron chi connectivity index (χ0n) is 25.1. The maximum Gasteiger partial charge on any atom is 0.184 e. The van der Waals surface area contributed by atoms with E-state index in [1.807, 2.05) is 18.2 Å². The quantitative estimate of drug-likeness (QED) is 0.192. The van der Waals surface area contributed by atoms with Crippen molar-refractivity contribution >= 4 is 45.9 Å². The number of nitrogens with zero attached hydrogens (tertiary/aromatic N) is 3. The molecule has 1 aromatic heterocycles. The number of hydrogen-bond acceptors (Lipinski definition) is 3. The van der Waals surface area contributed by atoms with Gasteiger partial charge in [0.15, 0.2) is 8.07 Å². The van der Waals surface area contributed by atoms with Gasteiger partial charge < -0.3 is 4.90 Å². The Balaban J connectivity index is 1.32. The summed E-state index contributed by atoms with van der Waals surface area (Å²) in [7, 11) is -2.65. The summed E-state index contributed by atoms with van der Waals surface area (Å²) in [6.07, 6.45) is 0. The average Bonchev–Trinajstić information content (AvgIpc) is 3.14. The zero-order valence-corrected chi connectivity index (χ0v) is 26.1. The predicted octanol–water partition coefficient (Wildman–Crippen LogP) is 7.45. The maximum atomic E-state index is 9.38. The molecule has 0 saturated carbocycles. The van der Waals surface area contributed by atoms with Gasteiger partial charge in [0.1, 0.15) is 11.8 Å². The minimum absolute atomic E-state index is 0.415. The molecule has 216 valence electrons. The van der Waals surface area contributed by atoms with Gasteiger partial charge >= 0.3 is 0 Å². The second kappa shape index (κ2) is 11.5. The van der Waals surface area contributed by atoms with Gasteiger partial charge in [-0.05, 0) is 74.3 Å². The molecule has 0 amide bonds. The fourth-order valence-corrected chi connectivity index (χ4v) is 12.1. The molecule has 0 atom stereocenters. The van der Waals surface area contributed by atoms with Gasteiger partial charge in [-0.3, -0.25) is 0 Å². The minimum atomic E-state index is -2.65. The first-order chi connectivity index (χ1) is 22.8. The van der Waals surface area contributed by atoms with Crippen molar-refractivity contribution in [2.45, 2.75) is 0 Å². The van der Waals surface area contributed by atoms with Crippen molar-refractivity contribution in [3.63, 3.8) is 0 Å². The molecule has 0 unspecified atom stereocenters. The third-order valence-electron chi connectivity index (χ3n) is 8.97. The Morgan fingerprint density at radius 3 is 1.63 bits per heavy atom. The van der Waals surface area contributed by atoms with E-state index < -0.39 is 8.07 Å². The van der Waals surface area contributed by atoms with Crippen LogP contribution in [0.1, 0.15) is 5.69 Å². The van der Waals surface area contributed by atoms with Crippen molar-refractivity contribution in [1.29, 1.82) is 5.26 Å². The second-order valence-electron chi connectivity index (χ2n) is 11.5. The molecule has 3 nitrogen and oxygen atoms in total. The number of pyridine rings is 1. The van der Waals surface area contributed by atoms with E-state index in [1.165, 1.54) is 32.1 Å². The number of rotatable bonds is 5. The Kier molecular flexibility index (Phi) is 6.87. The minimum Gasteiger partial charge on any atom is -0.311 e. The number of benzene rings is 6. The summed E-state index contributed by atoms with van der Waals surface area (Å²) >= 11 is 0. The van der Waals surface area contributed by atoms with Crippen LogP contribution in [0.5, 0.6) is 0 Å². The van der Waals surface area contributed by atoms with E-state index >= 15 is 0 Å². The Morgan fingerprint density at radius 1 is 0.478 bits per heavy atom. The van der Waals surface area contributed by atoms with Gasteiger partial charge in [0.2, 0.25) is 0 Å². The van der Waals surface area contributed by atoms with Crippen LogP contribution in [0.3, 0.4) is 0 Å². The lowest BCUT2D eigenvalue weighted by Gasteiger charge is -2.45. The average molecular weight is 604 g/mol. The van der Waals surface area contributed by atoms with Crippen molar-refractivity contribution in [3.8, 4) is 28.5 Å². The summed E-state index contributed by atoms with van der Waals surface area (Å²) in [5.41, 5.74) is 7.93. The summed E-state index contributed by atoms with van der Waals surface area (Å²) in [5, 5.41) is 14.9. The van der Waals surface area contributed by atoms with Crippen molar-refractivity contribution in [3.05, 3.63) is 182 Å². The Hall–Kier alpha value is -6.02. The second-order valence-corrected chi connectivity index (χ2v) is 15.2. The molecule has 2 heterocycles. The van der Waals surface area contributed by atoms with E-state index in [1.54, 1.807) is 6.07 Å². The van der Waals surface area contributed by atoms with Gasteiger partial charge in [0, 0.05) is 22.6 Å². The number of aromatic nitrogens is 1. The lowest BCUT2D eigenvalue weighted by molar-refractivity contribution is 1.26. The molecule has 6 aromatic carbocycles. The Bertz CT molecular complexity index is 2150. The van der Waals surface area contributed by atoms with Crippen LogP contribution < -0.4 is 25.6 Å². The Labute approximate surface area is 270 Å². The molecular formula is C42H29N3Si. The Morgan fingerprint density at radius 2 is 1.00 bits per heavy atom. The van der Waals surface area contributed by atoms with Crippen LogP contribution in [-0.4, -0.2) is 13.1 Å². The van der Waals surface area contributed by atoms with Crippen molar-refractivity contribution in [1.82, 2.24) is 4.98 Å². The smallest absolute Gasteiger partial charge is 0.184 e. The van der Waals surface area contributed by atoms with Gasteiger partial charge in [-0.2, -0.15) is 5.26 Å². The molecule has 0 spiro atoms. The van der Waals surface area contributed by atoms with Crippen molar-refractivity contribution in [2.24, 2.45) is 0 Å². The van der Waals surface area contributed by atoms with E-state index in [2.05, 4.69) is 168 Å². The van der Waals surface area contributed by atoms with Crippen LogP contribution in [0.2, 0.25) is 0 Å². The number of nitriles is 1. The van der Waals surface area contributed by atoms with Gasteiger partial charge in [-0.25, -0.2) is 4.98 Å². The predicted molar refractivity (Wildman–Crippen MR) is 192 cm³/mol. The molecule has 0 bridgehead atoms. The topological polar surface area (TPSA) is 39.9 Å². The lowest BCUT2D eigenvalue weighted by atomic mass is 10.0. The van der Waals surface area contributed by atoms with E-state index in [9.17, 15) is 5.26 Å². The van der Waals surface area contributed by atoms with Crippen LogP contribution in [0.4, 0.5) is 17.1 Å². The summed E-state index contributed by atoms with van der Waals surface area (Å²) in [4.78, 5) is 6.97. The SMILES string of the molecule is N#Cc1cccc(-c2cccc(-c3cccc(N4c5ccccc5[Si](c5ccccc5)(c5ccccc5)c5ccccc54)c3)c2)n1. The van der Waals surface area contributed by atoms with Crippen LogP contribution in [0, 0.1) is 11.3 Å². The normalized spacial score (nSPS) is 12.9. The highest BCUT2D eigenvalue weighted by Gasteiger charge is 2.48. The molecule has 0 aliphatic carbocycles. The first-order valence-corrected chi connectivity index (χ1v) is 17.5. The van der Waals surface area contributed by atoms with Crippen LogP contribution in [0.15, 0.2) is 176 Å². The fraction of sp³-hybridized carbons (Fsp3) is 0. The highest BCUT2D eigenvalue weighted by molar-refractivity contribution is 7.21. The van der Waals surface area contributed by atoms with Crippen LogP contribution in [0.25, 0.3) is 22.4 Å². The standard InChI is InChI=1S/C42H29N3Si/c43-30-34-17-13-23-38(44-34)33-16-11-14-31(28-33)32-15-12-18-35(29-32)45-39-24-7-9-26-41(39)46(36-19-3-1-4-20-36,37-21-5-2-6-22-37)42-27-10-8-25-40(42)45/h1-29H. The highest BCUT2D eigenvalue weighted by Crippen LogP contribution is 2.39. The van der Waals surface area contributed by atoms with E-state index in [0.29, 0.717) is 5.69 Å². The van der Waals surface area contributed by atoms with Crippen molar-refractivity contribution < 1.29 is 0 Å². The van der Waals surface area contributed by atoms with Crippen molar-refractivity contribution in [2.75, 3.05) is 4.90 Å². The number of para-hydroxylation sites is 2. The van der Waals surface area contributed by atoms with Gasteiger partial charge in [-0.15, -0.1) is 0 Å². The largest absolute Gasteiger partial charge is 0.311 e. The van der Waals surface area contributed by atoms with Crippen LogP contribution in [-0.2, 0) is 0 Å². The van der Waals surface area contributed by atoms with E-state index in [0.717, 1.165) is 28.1 Å². The molecule has 1 aliphatic heterocycles. The van der Waals surface area contributed by atoms with Gasteiger partial charge in [-0.1, -0.05) is 133 Å². The highest BCUT2D eigenvalue weighted by atomic mass is 28.3.